The van der Waals surface area contributed by atoms with Gasteiger partial charge in [0, 0.05) is 17.6 Å². The Morgan fingerprint density at radius 2 is 1.86 bits per heavy atom. The molecule has 0 spiro atoms. The van der Waals surface area contributed by atoms with Gasteiger partial charge in [0.1, 0.15) is 5.75 Å². The smallest absolute Gasteiger partial charge is 0.147 e. The average Bonchev–Trinajstić information content (AvgIpc) is 2.44. The van der Waals surface area contributed by atoms with Crippen molar-refractivity contribution < 1.29 is 4.74 Å². The summed E-state index contributed by atoms with van der Waals surface area (Å²) in [5.74, 6) is 0.807. The number of ether oxygens (including phenoxy) is 1. The number of nitrogens with one attached hydrogen (secondary N) is 1. The molecule has 0 bridgehead atoms. The second kappa shape index (κ2) is 7.63. The first kappa shape index (κ1) is 16.8. The maximum Gasteiger partial charge on any atom is 0.147 e. The molecule has 0 radical (unpaired) electrons. The molecule has 2 rings (SSSR count). The van der Waals surface area contributed by atoms with E-state index >= 15 is 0 Å². The summed E-state index contributed by atoms with van der Waals surface area (Å²) < 4.78 is 7.18. The molecule has 0 fully saturated rings. The van der Waals surface area contributed by atoms with Gasteiger partial charge >= 0.3 is 0 Å². The van der Waals surface area contributed by atoms with E-state index in [9.17, 15) is 0 Å². The highest BCUT2D eigenvalue weighted by atomic mass is 79.9. The maximum atomic E-state index is 6.03. The monoisotopic (exact) mass is 431 g/mol. The van der Waals surface area contributed by atoms with E-state index in [4.69, 9.17) is 16.3 Å². The molecular weight excluding hydrogens is 417 g/mol. The van der Waals surface area contributed by atoms with Crippen molar-refractivity contribution in [3.63, 3.8) is 0 Å². The Labute approximate surface area is 147 Å². The Hall–Kier alpha value is -0.550. The van der Waals surface area contributed by atoms with Gasteiger partial charge < -0.3 is 10.1 Å². The lowest BCUT2D eigenvalue weighted by Gasteiger charge is -2.16. The second-order valence-corrected chi connectivity index (χ2v) is 6.90. The fourth-order valence-corrected chi connectivity index (χ4v) is 3.88. The first-order valence-corrected chi connectivity index (χ1v) is 8.48. The maximum absolute atomic E-state index is 6.03. The highest BCUT2D eigenvalue weighted by Gasteiger charge is 2.09. The molecule has 2 nitrogen and oxygen atoms in total. The molecule has 1 N–H and O–H groups in total. The Morgan fingerprint density at radius 3 is 2.43 bits per heavy atom. The van der Waals surface area contributed by atoms with E-state index in [1.165, 1.54) is 11.1 Å². The van der Waals surface area contributed by atoms with Gasteiger partial charge in [-0.25, -0.2) is 0 Å². The third-order valence-electron chi connectivity index (χ3n) is 3.22. The number of methoxy groups -OCH3 is 1. The number of rotatable bonds is 5. The van der Waals surface area contributed by atoms with Crippen molar-refractivity contribution in [3.8, 4) is 5.75 Å². The largest absolute Gasteiger partial charge is 0.494 e. The lowest BCUT2D eigenvalue weighted by atomic mass is 10.1. The van der Waals surface area contributed by atoms with Crippen LogP contribution in [0.2, 0.25) is 5.02 Å². The zero-order chi connectivity index (χ0) is 15.4. The lowest BCUT2D eigenvalue weighted by Crippen LogP contribution is -2.18. The molecule has 112 valence electrons. The van der Waals surface area contributed by atoms with Gasteiger partial charge in [-0.15, -0.1) is 0 Å². The Balaban J connectivity index is 2.06. The number of benzene rings is 2. The van der Waals surface area contributed by atoms with Crippen LogP contribution in [0.1, 0.15) is 24.1 Å². The average molecular weight is 434 g/mol. The van der Waals surface area contributed by atoms with Gasteiger partial charge in [-0.05, 0) is 74.2 Å². The fraction of sp³-hybridized carbons (Fsp3) is 0.250. The van der Waals surface area contributed by atoms with Crippen molar-refractivity contribution in [2.24, 2.45) is 0 Å². The molecule has 0 saturated carbocycles. The van der Waals surface area contributed by atoms with E-state index in [0.29, 0.717) is 0 Å². The summed E-state index contributed by atoms with van der Waals surface area (Å²) in [5.41, 5.74) is 2.34. The highest BCUT2D eigenvalue weighted by molar-refractivity contribution is 9.11. The quantitative estimate of drug-likeness (QED) is 0.651. The van der Waals surface area contributed by atoms with Crippen LogP contribution in [0.15, 0.2) is 45.3 Å². The van der Waals surface area contributed by atoms with Crippen molar-refractivity contribution in [3.05, 3.63) is 61.5 Å². The molecule has 21 heavy (non-hydrogen) atoms. The van der Waals surface area contributed by atoms with Crippen molar-refractivity contribution in [1.82, 2.24) is 5.32 Å². The standard InChI is InChI=1S/C16H16Br2ClNO/c1-10(12-4-3-5-13(19)8-12)20-9-11-6-14(17)16(21-2)15(18)7-11/h3-8,10,20H,9H2,1-2H3/t10-/m0/s1. The van der Waals surface area contributed by atoms with E-state index in [2.05, 4.69) is 62.3 Å². The van der Waals surface area contributed by atoms with E-state index in [1.54, 1.807) is 7.11 Å². The molecule has 0 saturated heterocycles. The molecule has 0 amide bonds. The van der Waals surface area contributed by atoms with Gasteiger partial charge in [0.05, 0.1) is 16.1 Å². The van der Waals surface area contributed by atoms with Crippen molar-refractivity contribution in [2.75, 3.05) is 7.11 Å². The van der Waals surface area contributed by atoms with Gasteiger partial charge in [-0.3, -0.25) is 0 Å². The highest BCUT2D eigenvalue weighted by Crippen LogP contribution is 2.34. The minimum absolute atomic E-state index is 0.225. The first-order chi connectivity index (χ1) is 10.0. The summed E-state index contributed by atoms with van der Waals surface area (Å²) >= 11 is 13.1. The minimum Gasteiger partial charge on any atom is -0.494 e. The van der Waals surface area contributed by atoms with Crippen LogP contribution in [-0.2, 0) is 6.54 Å². The summed E-state index contributed by atoms with van der Waals surface area (Å²) in [6.07, 6.45) is 0. The molecule has 0 aliphatic heterocycles. The Kier molecular flexibility index (Phi) is 6.11. The minimum atomic E-state index is 0.225. The second-order valence-electron chi connectivity index (χ2n) is 4.75. The van der Waals surface area contributed by atoms with Gasteiger partial charge in [-0.1, -0.05) is 23.7 Å². The van der Waals surface area contributed by atoms with E-state index in [0.717, 1.165) is 26.3 Å². The van der Waals surface area contributed by atoms with Gasteiger partial charge in [0.2, 0.25) is 0 Å². The lowest BCUT2D eigenvalue weighted by molar-refractivity contribution is 0.409. The van der Waals surface area contributed by atoms with Crippen LogP contribution in [0.3, 0.4) is 0 Å². The molecular formula is C16H16Br2ClNO. The molecule has 5 heteroatoms. The topological polar surface area (TPSA) is 21.3 Å². The molecule has 1 atom stereocenters. The Morgan fingerprint density at radius 1 is 1.19 bits per heavy atom. The number of hydrogen-bond donors (Lipinski definition) is 1. The summed E-state index contributed by atoms with van der Waals surface area (Å²) in [7, 11) is 1.66. The van der Waals surface area contributed by atoms with Crippen LogP contribution < -0.4 is 10.1 Å². The van der Waals surface area contributed by atoms with Crippen LogP contribution in [0.25, 0.3) is 0 Å². The van der Waals surface area contributed by atoms with Gasteiger partial charge in [-0.2, -0.15) is 0 Å². The predicted molar refractivity (Wildman–Crippen MR) is 95.1 cm³/mol. The van der Waals surface area contributed by atoms with Crippen LogP contribution in [0.5, 0.6) is 5.75 Å². The molecule has 0 unspecified atom stereocenters. The number of halogens is 3. The molecule has 0 aliphatic carbocycles. The molecule has 0 heterocycles. The summed E-state index contributed by atoms with van der Waals surface area (Å²) in [6, 6.07) is 12.3. The van der Waals surface area contributed by atoms with Crippen molar-refractivity contribution >= 4 is 43.5 Å². The third-order valence-corrected chi connectivity index (χ3v) is 4.64. The van der Waals surface area contributed by atoms with Crippen LogP contribution in [0, 0.1) is 0 Å². The van der Waals surface area contributed by atoms with Crippen molar-refractivity contribution in [2.45, 2.75) is 19.5 Å². The summed E-state index contributed by atoms with van der Waals surface area (Å²) in [4.78, 5) is 0. The third kappa shape index (κ3) is 4.46. The summed E-state index contributed by atoms with van der Waals surface area (Å²) in [6.45, 7) is 2.88. The molecule has 2 aromatic carbocycles. The SMILES string of the molecule is COc1c(Br)cc(CN[C@@H](C)c2cccc(Cl)c2)cc1Br. The van der Waals surface area contributed by atoms with E-state index in [-0.39, 0.29) is 6.04 Å². The first-order valence-electron chi connectivity index (χ1n) is 6.52. The van der Waals surface area contributed by atoms with Crippen molar-refractivity contribution in [1.29, 1.82) is 0 Å². The zero-order valence-electron chi connectivity index (χ0n) is 11.8. The zero-order valence-corrected chi connectivity index (χ0v) is 15.7. The van der Waals surface area contributed by atoms with E-state index < -0.39 is 0 Å². The summed E-state index contributed by atoms with van der Waals surface area (Å²) in [5, 5.41) is 4.25. The molecule has 0 aliphatic rings. The number of hydrogen-bond acceptors (Lipinski definition) is 2. The van der Waals surface area contributed by atoms with Crippen LogP contribution in [0.4, 0.5) is 0 Å². The fourth-order valence-electron chi connectivity index (χ4n) is 2.07. The predicted octanol–water partition coefficient (Wildman–Crippen LogP) is 5.72. The normalized spacial score (nSPS) is 12.2. The van der Waals surface area contributed by atoms with E-state index in [1.807, 2.05) is 18.2 Å². The Bertz CT molecular complexity index is 610. The van der Waals surface area contributed by atoms with Crippen LogP contribution in [-0.4, -0.2) is 7.11 Å². The van der Waals surface area contributed by atoms with Gasteiger partial charge in [0.25, 0.3) is 0 Å². The van der Waals surface area contributed by atoms with Gasteiger partial charge in [0.15, 0.2) is 0 Å². The molecule has 0 aromatic heterocycles. The van der Waals surface area contributed by atoms with Crippen LogP contribution >= 0.6 is 43.5 Å². The molecule has 2 aromatic rings.